The van der Waals surface area contributed by atoms with Crippen molar-refractivity contribution in [2.75, 3.05) is 48.9 Å². The van der Waals surface area contributed by atoms with E-state index in [-0.39, 0.29) is 103 Å². The predicted octanol–water partition coefficient (Wildman–Crippen LogP) is 10.3. The van der Waals surface area contributed by atoms with Crippen LogP contribution in [0, 0.1) is 0 Å². The number of nitrogens with one attached hydrogen (secondary N) is 6. The average molecular weight is 1480 g/mol. The van der Waals surface area contributed by atoms with Gasteiger partial charge in [-0.2, -0.15) is 0 Å². The Hall–Kier alpha value is -10.9. The molecule has 0 unspecified atom stereocenters. The van der Waals surface area contributed by atoms with Crippen LogP contribution in [-0.2, 0) is 85.5 Å². The minimum absolute atomic E-state index is 0.0198. The Morgan fingerprint density at radius 2 is 0.914 bits per heavy atom. The zero-order valence-electron chi connectivity index (χ0n) is 60.0. The van der Waals surface area contributed by atoms with Crippen molar-refractivity contribution in [2.45, 2.75) is 160 Å². The smallest absolute Gasteiger partial charge is 0.305 e. The number of aromatic hydroxyl groups is 1. The number of fused-ring (bicyclic) bond motifs is 8. The lowest BCUT2D eigenvalue weighted by molar-refractivity contribution is -0.141. The maximum atomic E-state index is 13.7. The number of nitrogens with zero attached hydrogens (tertiary/aromatic N) is 4. The Bertz CT molecular complexity index is 4260. The van der Waals surface area contributed by atoms with Crippen LogP contribution in [0.5, 0.6) is 23.0 Å². The van der Waals surface area contributed by atoms with E-state index in [9.17, 15) is 53.1 Å². The van der Waals surface area contributed by atoms with Gasteiger partial charge in [0.15, 0.2) is 23.0 Å². The topological polar surface area (TPSA) is 340 Å². The third kappa shape index (κ3) is 21.4. The second kappa shape index (κ2) is 38.1. The lowest BCUT2D eigenvalue weighted by Crippen LogP contribution is -2.50. The number of halogens is 2. The van der Waals surface area contributed by atoms with Gasteiger partial charge in [-0.1, -0.05) is 55.5 Å². The molecule has 4 aliphatic heterocycles. The number of anilines is 4. The van der Waals surface area contributed by atoms with E-state index >= 15 is 0 Å². The Balaban J connectivity index is 0.000000221. The molecule has 4 aliphatic rings. The fourth-order valence-corrected chi connectivity index (χ4v) is 12.2. The molecule has 0 spiro atoms. The number of aliphatic imine (C=N–C) groups is 2. The summed E-state index contributed by atoms with van der Waals surface area (Å²) in [6, 6.07) is 29.3. The standard InChI is InChI=1S/C38H42ClN5O8.C22H32ClN3O5.C17H14N2O3/c1-22(41-34(45)11-7-8-12-35(46)51-4)36(47)42-23(2)37(48)43-27-14-24(19-39)13-25(15-27)21-52-33-18-30-29(17-32(33)50-3)38(49)44-28(20-40-30)16-26-9-5-6-10-31(26)44;1-5-16-10-17(13-23)12-18(11-16)26-22(30)15(3)25-21(29)14(2)24-19(27)8-6-7-9-20(28)31-4;1-22-16-7-12-13(8-15(16)20)18-9-11-6-10-4-2-3-5-14(10)19(11)17(12)21/h5-6,9-10,13-15,17-18,20,22-23,28H,7-8,11-12,16,19,21H2,1-4H3,(H,41,45)(H,42,47)(H,43,48);10-12,14-15H,5-9,13H2,1-4H3,(H,24,27)(H,25,29)(H,26,30);2-5,7-9,11,20H,6H2,1H3/t22-,23-,28-;14-,15-;11-/m000/s1. The first kappa shape index (κ1) is 79.8. The Labute approximate surface area is 619 Å². The van der Waals surface area contributed by atoms with Crippen molar-refractivity contribution in [2.24, 2.45) is 9.98 Å². The number of aryl methyl sites for hydroxylation is 1. The van der Waals surface area contributed by atoms with Crippen molar-refractivity contribution >= 4 is 129 Å². The molecule has 105 heavy (non-hydrogen) atoms. The molecule has 0 saturated carbocycles. The highest BCUT2D eigenvalue weighted by molar-refractivity contribution is 6.18. The van der Waals surface area contributed by atoms with Gasteiger partial charge < -0.3 is 60.7 Å². The quantitative estimate of drug-likeness (QED) is 0.0136. The minimum Gasteiger partial charge on any atom is -0.504 e. The number of hydrogen-bond acceptors (Lipinski definition) is 18. The monoisotopic (exact) mass is 1480 g/mol. The molecule has 8 amide bonds. The third-order valence-electron chi connectivity index (χ3n) is 17.6. The number of rotatable bonds is 28. The van der Waals surface area contributed by atoms with E-state index in [2.05, 4.69) is 51.4 Å². The summed E-state index contributed by atoms with van der Waals surface area (Å²) in [5.74, 6) is -1.93. The second-order valence-electron chi connectivity index (χ2n) is 25.3. The van der Waals surface area contributed by atoms with E-state index in [0.29, 0.717) is 88.9 Å². The Morgan fingerprint density at radius 3 is 1.36 bits per heavy atom. The highest BCUT2D eigenvalue weighted by Crippen LogP contribution is 2.43. The molecule has 0 aliphatic carbocycles. The van der Waals surface area contributed by atoms with Crippen molar-refractivity contribution in [1.29, 1.82) is 0 Å². The number of methoxy groups -OCH3 is 4. The number of amides is 8. The van der Waals surface area contributed by atoms with Crippen molar-refractivity contribution in [3.63, 3.8) is 0 Å². The summed E-state index contributed by atoms with van der Waals surface area (Å²) < 4.78 is 26.0. The molecule has 4 heterocycles. The van der Waals surface area contributed by atoms with E-state index in [1.807, 2.05) is 73.7 Å². The van der Waals surface area contributed by atoms with Crippen molar-refractivity contribution in [3.05, 3.63) is 154 Å². The molecule has 7 N–H and O–H groups in total. The van der Waals surface area contributed by atoms with Gasteiger partial charge >= 0.3 is 11.9 Å². The van der Waals surface area contributed by atoms with Gasteiger partial charge in [0.25, 0.3) is 11.8 Å². The molecule has 0 aromatic heterocycles. The highest BCUT2D eigenvalue weighted by Gasteiger charge is 2.38. The van der Waals surface area contributed by atoms with Gasteiger partial charge in [-0.05, 0) is 142 Å². The van der Waals surface area contributed by atoms with Gasteiger partial charge in [0.1, 0.15) is 30.8 Å². The van der Waals surface area contributed by atoms with Gasteiger partial charge in [0.05, 0.1) is 63.0 Å². The zero-order chi connectivity index (χ0) is 76.0. The number of ether oxygens (including phenoxy) is 5. The molecule has 28 heteroatoms. The van der Waals surface area contributed by atoms with E-state index in [1.54, 1.807) is 72.5 Å². The summed E-state index contributed by atoms with van der Waals surface area (Å²) in [4.78, 5) is 136. The molecular weight excluding hydrogens is 1390 g/mol. The molecule has 0 radical (unpaired) electrons. The number of esters is 2. The van der Waals surface area contributed by atoms with Crippen LogP contribution in [0.3, 0.4) is 0 Å². The first-order chi connectivity index (χ1) is 50.4. The number of benzene rings is 6. The maximum Gasteiger partial charge on any atom is 0.305 e. The van der Waals surface area contributed by atoms with Gasteiger partial charge in [-0.15, -0.1) is 23.2 Å². The van der Waals surface area contributed by atoms with Crippen LogP contribution in [0.25, 0.3) is 0 Å². The number of alkyl halides is 2. The molecule has 6 atom stereocenters. The lowest BCUT2D eigenvalue weighted by Gasteiger charge is -2.22. The fraction of sp³-hybridized carbons (Fsp3) is 0.377. The summed E-state index contributed by atoms with van der Waals surface area (Å²) in [6.07, 6.45) is 8.61. The van der Waals surface area contributed by atoms with Crippen molar-refractivity contribution in [1.82, 2.24) is 21.3 Å². The summed E-state index contributed by atoms with van der Waals surface area (Å²) in [6.45, 7) is 8.26. The lowest BCUT2D eigenvalue weighted by atomic mass is 10.1. The summed E-state index contributed by atoms with van der Waals surface area (Å²) in [7, 11) is 5.58. The fourth-order valence-electron chi connectivity index (χ4n) is 11.9. The minimum atomic E-state index is -0.928. The number of carbonyl (C=O) groups is 10. The molecule has 0 fully saturated rings. The first-order valence-electron chi connectivity index (χ1n) is 34.4. The normalized spacial score (nSPS) is 15.1. The van der Waals surface area contributed by atoms with E-state index in [4.69, 9.17) is 37.4 Å². The molecule has 26 nitrogen and oxygen atoms in total. The second-order valence-corrected chi connectivity index (χ2v) is 25.9. The van der Waals surface area contributed by atoms with Gasteiger partial charge in [-0.25, -0.2) is 0 Å². The van der Waals surface area contributed by atoms with Crippen LogP contribution in [0.15, 0.2) is 119 Å². The molecular formula is C77H88Cl2N10O16. The number of hydrogen-bond donors (Lipinski definition) is 7. The molecule has 10 rings (SSSR count). The first-order valence-corrected chi connectivity index (χ1v) is 35.5. The van der Waals surface area contributed by atoms with Crippen LogP contribution in [-0.4, -0.2) is 141 Å². The third-order valence-corrected chi connectivity index (χ3v) is 18.2. The molecule has 0 saturated heterocycles. The van der Waals surface area contributed by atoms with Crippen LogP contribution in [0.1, 0.15) is 140 Å². The van der Waals surface area contributed by atoms with Gasteiger partial charge in [0, 0.05) is 97.6 Å². The SMILES string of the molecule is CCc1cc(CCl)cc(NC(=O)[C@H](C)NC(=O)[C@H](C)NC(=O)CCCCC(=O)OC)c1.COC(=O)CCCCC(=O)N[C@@H](C)C(=O)N[C@@H](C)C(=O)Nc1cc(CCl)cc(COc2cc3c(cc2OC)C(=O)N2c4ccccc4C[C@H]2C=N3)c1.COc1cc2c(cc1O)N=C[C@@H]1Cc3ccccc3N1C2=O. The van der Waals surface area contributed by atoms with Gasteiger partial charge in [-0.3, -0.25) is 67.7 Å². The number of carbonyl (C=O) groups excluding carboxylic acids is 10. The van der Waals surface area contributed by atoms with Crippen LogP contribution in [0.4, 0.5) is 34.1 Å². The van der Waals surface area contributed by atoms with E-state index in [0.717, 1.165) is 52.0 Å². The zero-order valence-corrected chi connectivity index (χ0v) is 61.5. The van der Waals surface area contributed by atoms with Crippen molar-refractivity contribution < 1.29 is 76.7 Å². The highest BCUT2D eigenvalue weighted by atomic mass is 35.5. The molecule has 6 aromatic rings. The van der Waals surface area contributed by atoms with Crippen LogP contribution in [0.2, 0.25) is 0 Å². The number of unbranched alkanes of at least 4 members (excludes halogenated alkanes) is 2. The summed E-state index contributed by atoms with van der Waals surface area (Å²) in [5.41, 5.74) is 10.2. The van der Waals surface area contributed by atoms with E-state index in [1.165, 1.54) is 48.4 Å². The molecule has 6 aromatic carbocycles. The Kier molecular flexibility index (Phi) is 28.9. The molecule has 0 bridgehead atoms. The number of phenols is 1. The molecule has 556 valence electrons. The summed E-state index contributed by atoms with van der Waals surface area (Å²) >= 11 is 12.1. The van der Waals surface area contributed by atoms with Gasteiger partial charge in [0.2, 0.25) is 35.4 Å². The van der Waals surface area contributed by atoms with Crippen LogP contribution >= 0.6 is 23.2 Å². The van der Waals surface area contributed by atoms with E-state index < -0.39 is 41.9 Å². The van der Waals surface area contributed by atoms with Crippen LogP contribution < -0.4 is 55.9 Å². The largest absolute Gasteiger partial charge is 0.504 e. The maximum absolute atomic E-state index is 13.7. The van der Waals surface area contributed by atoms with Crippen molar-refractivity contribution in [3.8, 4) is 23.0 Å². The number of phenolic OH excluding ortho intramolecular Hbond substituents is 1. The summed E-state index contributed by atoms with van der Waals surface area (Å²) in [5, 5.41) is 25.9. The predicted molar refractivity (Wildman–Crippen MR) is 400 cm³/mol. The average Bonchev–Trinajstić information content (AvgIpc) is 1.63. The Morgan fingerprint density at radius 1 is 0.505 bits per heavy atom. The number of para-hydroxylation sites is 2.